The molecule has 1 aromatic heterocycles. The number of nitrogens with zero attached hydrogens (tertiary/aromatic N) is 1. The molecule has 4 rings (SSSR count). The quantitative estimate of drug-likeness (QED) is 0.456. The van der Waals surface area contributed by atoms with Crippen molar-refractivity contribution < 1.29 is 22.7 Å². The fraction of sp³-hybridized carbons (Fsp3) is 0.308. The molecule has 0 fully saturated rings. The lowest BCUT2D eigenvalue weighted by atomic mass is 9.95. The molecule has 9 heteroatoms. The van der Waals surface area contributed by atoms with Gasteiger partial charge in [0, 0.05) is 4.88 Å². The summed E-state index contributed by atoms with van der Waals surface area (Å²) >= 11 is 1.36. The minimum absolute atomic E-state index is 0.0981. The predicted molar refractivity (Wildman–Crippen MR) is 138 cm³/mol. The predicted octanol–water partition coefficient (Wildman–Crippen LogP) is 4.86. The molecule has 1 N–H and O–H groups in total. The lowest BCUT2D eigenvalue weighted by molar-refractivity contribution is -0.114. The Kier molecular flexibility index (Phi) is 7.28. The Bertz CT molecular complexity index is 1360. The highest BCUT2D eigenvalue weighted by Crippen LogP contribution is 2.38. The second kappa shape index (κ2) is 10.2. The first-order chi connectivity index (χ1) is 16.7. The van der Waals surface area contributed by atoms with Gasteiger partial charge in [-0.15, -0.1) is 11.3 Å². The Morgan fingerprint density at radius 1 is 1.03 bits per heavy atom. The van der Waals surface area contributed by atoms with E-state index in [0.29, 0.717) is 16.3 Å². The van der Waals surface area contributed by atoms with Crippen LogP contribution in [-0.2, 0) is 32.4 Å². The van der Waals surface area contributed by atoms with Crippen molar-refractivity contribution in [1.82, 2.24) is 0 Å². The number of carbonyl (C=O) groups excluding carboxylic acids is 2. The summed E-state index contributed by atoms with van der Waals surface area (Å²) in [5.41, 5.74) is 3.37. The summed E-state index contributed by atoms with van der Waals surface area (Å²) in [5, 5.41) is 3.22. The summed E-state index contributed by atoms with van der Waals surface area (Å²) in [5.74, 6) is -1.03. The zero-order valence-corrected chi connectivity index (χ0v) is 21.6. The van der Waals surface area contributed by atoms with E-state index in [2.05, 4.69) is 5.32 Å². The van der Waals surface area contributed by atoms with Crippen LogP contribution in [0.3, 0.4) is 0 Å². The van der Waals surface area contributed by atoms with Crippen molar-refractivity contribution in [3.63, 3.8) is 0 Å². The summed E-state index contributed by atoms with van der Waals surface area (Å²) in [6.07, 6.45) is 3.59. The number of nitrogens with one attached hydrogen (secondary N) is 1. The van der Waals surface area contributed by atoms with Crippen LogP contribution in [0.1, 0.15) is 44.8 Å². The molecule has 0 saturated carbocycles. The lowest BCUT2D eigenvalue weighted by Gasteiger charge is -2.25. The number of benzene rings is 2. The second-order valence-electron chi connectivity index (χ2n) is 8.57. The minimum Gasteiger partial charge on any atom is -0.465 e. The van der Waals surface area contributed by atoms with Gasteiger partial charge in [-0.3, -0.25) is 9.10 Å². The Balaban J connectivity index is 1.69. The molecular formula is C26H28N2O5S2. The van der Waals surface area contributed by atoms with Crippen molar-refractivity contribution >= 4 is 43.9 Å². The molecule has 1 amide bonds. The molecule has 7 nitrogen and oxygen atoms in total. The summed E-state index contributed by atoms with van der Waals surface area (Å²) < 4.78 is 33.4. The lowest BCUT2D eigenvalue weighted by Crippen LogP contribution is -2.38. The number of thiophene rings is 1. The molecule has 0 aliphatic heterocycles. The van der Waals surface area contributed by atoms with E-state index in [9.17, 15) is 18.0 Å². The number of ether oxygens (including phenoxy) is 1. The number of carbonyl (C=O) groups is 2. The van der Waals surface area contributed by atoms with Gasteiger partial charge in [0.15, 0.2) is 0 Å². The van der Waals surface area contributed by atoms with E-state index >= 15 is 0 Å². The normalized spacial score (nSPS) is 13.1. The Hall–Kier alpha value is -3.17. The SMILES string of the molecule is COC(=O)c1c(NC(=O)CN(c2ccccc2C)S(=O)(=O)c2ccc(C)cc2)sc2c1CCCC2. The molecule has 3 aromatic rings. The molecule has 0 spiro atoms. The Morgan fingerprint density at radius 2 is 1.71 bits per heavy atom. The number of hydrogen-bond donors (Lipinski definition) is 1. The molecule has 1 aliphatic carbocycles. The number of aryl methyl sites for hydroxylation is 3. The second-order valence-corrected chi connectivity index (χ2v) is 11.5. The topological polar surface area (TPSA) is 92.8 Å². The van der Waals surface area contributed by atoms with Gasteiger partial charge in [-0.2, -0.15) is 0 Å². The molecule has 0 unspecified atom stereocenters. The molecular weight excluding hydrogens is 484 g/mol. The van der Waals surface area contributed by atoms with Gasteiger partial charge >= 0.3 is 5.97 Å². The number of para-hydroxylation sites is 1. The third-order valence-electron chi connectivity index (χ3n) is 6.09. The van der Waals surface area contributed by atoms with Crippen LogP contribution in [0.15, 0.2) is 53.4 Å². The minimum atomic E-state index is -4.03. The highest BCUT2D eigenvalue weighted by atomic mass is 32.2. The van der Waals surface area contributed by atoms with Crippen molar-refractivity contribution in [1.29, 1.82) is 0 Å². The Labute approximate surface area is 209 Å². The largest absolute Gasteiger partial charge is 0.465 e. The van der Waals surface area contributed by atoms with Gasteiger partial charge in [-0.1, -0.05) is 35.9 Å². The van der Waals surface area contributed by atoms with Crippen LogP contribution in [0.4, 0.5) is 10.7 Å². The third kappa shape index (κ3) is 5.11. The average molecular weight is 513 g/mol. The molecule has 35 heavy (non-hydrogen) atoms. The van der Waals surface area contributed by atoms with Gasteiger partial charge in [-0.05, 0) is 68.9 Å². The zero-order valence-electron chi connectivity index (χ0n) is 20.0. The number of amides is 1. The maximum Gasteiger partial charge on any atom is 0.341 e. The van der Waals surface area contributed by atoms with Crippen molar-refractivity contribution in [2.45, 2.75) is 44.4 Å². The van der Waals surface area contributed by atoms with E-state index in [1.54, 1.807) is 37.3 Å². The summed E-state index contributed by atoms with van der Waals surface area (Å²) in [6.45, 7) is 3.24. The molecule has 0 atom stereocenters. The maximum atomic E-state index is 13.6. The highest BCUT2D eigenvalue weighted by Gasteiger charge is 2.31. The monoisotopic (exact) mass is 512 g/mol. The van der Waals surface area contributed by atoms with Crippen molar-refractivity contribution in [2.24, 2.45) is 0 Å². The third-order valence-corrected chi connectivity index (χ3v) is 9.08. The maximum absolute atomic E-state index is 13.6. The first kappa shape index (κ1) is 24.9. The number of esters is 1. The molecule has 2 aromatic carbocycles. The van der Waals surface area contributed by atoms with Crippen LogP contribution < -0.4 is 9.62 Å². The van der Waals surface area contributed by atoms with Crippen LogP contribution in [0.25, 0.3) is 0 Å². The number of fused-ring (bicyclic) bond motifs is 1. The van der Waals surface area contributed by atoms with E-state index in [-0.39, 0.29) is 4.90 Å². The van der Waals surface area contributed by atoms with E-state index < -0.39 is 28.4 Å². The number of anilines is 2. The smallest absolute Gasteiger partial charge is 0.341 e. The fourth-order valence-electron chi connectivity index (χ4n) is 4.25. The Morgan fingerprint density at radius 3 is 2.40 bits per heavy atom. The number of methoxy groups -OCH3 is 1. The van der Waals surface area contributed by atoms with Gasteiger partial charge in [0.1, 0.15) is 11.5 Å². The van der Waals surface area contributed by atoms with E-state index in [4.69, 9.17) is 4.74 Å². The van der Waals surface area contributed by atoms with Crippen molar-refractivity contribution in [2.75, 3.05) is 23.3 Å². The molecule has 1 aliphatic rings. The molecule has 0 bridgehead atoms. The van der Waals surface area contributed by atoms with E-state index in [1.165, 1.54) is 30.6 Å². The zero-order chi connectivity index (χ0) is 25.2. The van der Waals surface area contributed by atoms with Crippen LogP contribution >= 0.6 is 11.3 Å². The van der Waals surface area contributed by atoms with Gasteiger partial charge in [0.2, 0.25) is 5.91 Å². The molecule has 1 heterocycles. The molecule has 0 saturated heterocycles. The van der Waals surface area contributed by atoms with Crippen molar-refractivity contribution in [3.05, 3.63) is 75.7 Å². The van der Waals surface area contributed by atoms with E-state index in [0.717, 1.165) is 51.6 Å². The van der Waals surface area contributed by atoms with Gasteiger partial charge in [-0.25, -0.2) is 13.2 Å². The van der Waals surface area contributed by atoms with Crippen LogP contribution in [0.2, 0.25) is 0 Å². The summed E-state index contributed by atoms with van der Waals surface area (Å²) in [6, 6.07) is 13.6. The summed E-state index contributed by atoms with van der Waals surface area (Å²) in [7, 11) is -2.72. The number of rotatable bonds is 7. The molecule has 0 radical (unpaired) electrons. The average Bonchev–Trinajstić information content (AvgIpc) is 3.20. The van der Waals surface area contributed by atoms with Crippen molar-refractivity contribution in [3.8, 4) is 0 Å². The van der Waals surface area contributed by atoms with E-state index in [1.807, 2.05) is 13.0 Å². The molecule has 184 valence electrons. The fourth-order valence-corrected chi connectivity index (χ4v) is 7.03. The van der Waals surface area contributed by atoms with Crippen LogP contribution in [0.5, 0.6) is 0 Å². The first-order valence-corrected chi connectivity index (χ1v) is 13.7. The van der Waals surface area contributed by atoms with Gasteiger partial charge < -0.3 is 10.1 Å². The standard InChI is InChI=1S/C26H28N2O5S2/c1-17-12-14-19(15-13-17)35(31,32)28(21-10-6-4-8-18(21)2)16-23(29)27-25-24(26(30)33-3)20-9-5-7-11-22(20)34-25/h4,6,8,10,12-15H,5,7,9,11,16H2,1-3H3,(H,27,29). The number of sulfonamides is 1. The number of hydrogen-bond acceptors (Lipinski definition) is 6. The highest BCUT2D eigenvalue weighted by molar-refractivity contribution is 7.92. The van der Waals surface area contributed by atoms with Crippen LogP contribution in [0, 0.1) is 13.8 Å². The van der Waals surface area contributed by atoms with Crippen LogP contribution in [-0.4, -0.2) is 33.9 Å². The first-order valence-electron chi connectivity index (χ1n) is 11.4. The van der Waals surface area contributed by atoms with Gasteiger partial charge in [0.05, 0.1) is 23.3 Å². The van der Waals surface area contributed by atoms with Gasteiger partial charge in [0.25, 0.3) is 10.0 Å². The summed E-state index contributed by atoms with van der Waals surface area (Å²) in [4.78, 5) is 27.0.